The first-order valence-electron chi connectivity index (χ1n) is 11.3. The summed E-state index contributed by atoms with van der Waals surface area (Å²) in [6.45, 7) is 4.22. The van der Waals surface area contributed by atoms with Crippen molar-refractivity contribution in [2.75, 3.05) is 36.7 Å². The highest BCUT2D eigenvalue weighted by molar-refractivity contribution is 7.91. The molecule has 2 aromatic carbocycles. The summed E-state index contributed by atoms with van der Waals surface area (Å²) >= 11 is 0. The van der Waals surface area contributed by atoms with Crippen molar-refractivity contribution in [3.05, 3.63) is 54.1 Å². The van der Waals surface area contributed by atoms with Crippen LogP contribution in [0.5, 0.6) is 11.5 Å². The largest absolute Gasteiger partial charge is 0.493 e. The third kappa shape index (κ3) is 6.72. The highest BCUT2D eigenvalue weighted by Gasteiger charge is 2.35. The summed E-state index contributed by atoms with van der Waals surface area (Å²) in [7, 11) is -1.72. The van der Waals surface area contributed by atoms with E-state index in [9.17, 15) is 18.0 Å². The van der Waals surface area contributed by atoms with Crippen molar-refractivity contribution in [3.63, 3.8) is 0 Å². The van der Waals surface area contributed by atoms with Gasteiger partial charge in [0.2, 0.25) is 0 Å². The van der Waals surface area contributed by atoms with Gasteiger partial charge in [0.1, 0.15) is 0 Å². The van der Waals surface area contributed by atoms with E-state index < -0.39 is 34.4 Å². The van der Waals surface area contributed by atoms with Crippen LogP contribution in [0.4, 0.5) is 5.69 Å². The maximum absolute atomic E-state index is 13.0. The Morgan fingerprint density at radius 1 is 1.09 bits per heavy atom. The zero-order valence-electron chi connectivity index (χ0n) is 19.7. The van der Waals surface area contributed by atoms with Gasteiger partial charge in [0.15, 0.2) is 27.9 Å². The van der Waals surface area contributed by atoms with Crippen LogP contribution in [0.1, 0.15) is 37.0 Å². The molecule has 1 amide bonds. The molecule has 1 aliphatic rings. The molecule has 0 spiro atoms. The zero-order chi connectivity index (χ0) is 24.7. The van der Waals surface area contributed by atoms with Crippen LogP contribution in [0.15, 0.2) is 48.5 Å². The van der Waals surface area contributed by atoms with Crippen LogP contribution in [0, 0.1) is 5.92 Å². The Hall–Kier alpha value is -3.07. The Balaban J connectivity index is 1.68. The van der Waals surface area contributed by atoms with Gasteiger partial charge in [-0.2, -0.15) is 0 Å². The topological polar surface area (TPSA) is 99.2 Å². The number of rotatable bonds is 10. The van der Waals surface area contributed by atoms with Crippen molar-refractivity contribution in [3.8, 4) is 11.5 Å². The third-order valence-corrected chi connectivity index (χ3v) is 7.31. The summed E-state index contributed by atoms with van der Waals surface area (Å²) in [5.41, 5.74) is 0.783. The van der Waals surface area contributed by atoms with Gasteiger partial charge in [0.25, 0.3) is 5.91 Å². The van der Waals surface area contributed by atoms with Gasteiger partial charge in [-0.1, -0.05) is 32.0 Å². The number of benzene rings is 2. The first-order valence-corrected chi connectivity index (χ1v) is 13.1. The van der Waals surface area contributed by atoms with Crippen molar-refractivity contribution in [2.24, 2.45) is 5.92 Å². The SMILES string of the molecule is COc1cc(C(=O)OCC(=O)N(c2ccccc2)C2CCS(=O)(=O)C2)ccc1OCCC(C)C. The summed E-state index contributed by atoms with van der Waals surface area (Å²) in [5.74, 6) is 0.156. The smallest absolute Gasteiger partial charge is 0.338 e. The lowest BCUT2D eigenvalue weighted by Crippen LogP contribution is -2.43. The maximum atomic E-state index is 13.0. The van der Waals surface area contributed by atoms with Gasteiger partial charge in [-0.05, 0) is 49.1 Å². The minimum atomic E-state index is -3.21. The van der Waals surface area contributed by atoms with Gasteiger partial charge >= 0.3 is 5.97 Å². The van der Waals surface area contributed by atoms with E-state index in [0.717, 1.165) is 6.42 Å². The Morgan fingerprint density at radius 3 is 2.44 bits per heavy atom. The van der Waals surface area contributed by atoms with E-state index in [4.69, 9.17) is 14.2 Å². The number of nitrogens with zero attached hydrogens (tertiary/aromatic N) is 1. The van der Waals surface area contributed by atoms with E-state index in [1.807, 2.05) is 0 Å². The molecule has 2 aromatic rings. The number of sulfone groups is 1. The molecular formula is C25H31NO7S. The van der Waals surface area contributed by atoms with Gasteiger partial charge < -0.3 is 19.1 Å². The Kier molecular flexibility index (Phi) is 8.55. The van der Waals surface area contributed by atoms with Crippen molar-refractivity contribution >= 4 is 27.4 Å². The fourth-order valence-electron chi connectivity index (χ4n) is 3.72. The zero-order valence-corrected chi connectivity index (χ0v) is 20.5. The molecule has 184 valence electrons. The predicted molar refractivity (Wildman–Crippen MR) is 129 cm³/mol. The predicted octanol–water partition coefficient (Wildman–Crippen LogP) is 3.50. The van der Waals surface area contributed by atoms with Gasteiger partial charge in [-0.3, -0.25) is 4.79 Å². The number of anilines is 1. The van der Waals surface area contributed by atoms with Crippen molar-refractivity contribution < 1.29 is 32.2 Å². The fourth-order valence-corrected chi connectivity index (χ4v) is 5.42. The minimum Gasteiger partial charge on any atom is -0.493 e. The number of carbonyl (C=O) groups excluding carboxylic acids is 2. The van der Waals surface area contributed by atoms with Crippen molar-refractivity contribution in [1.82, 2.24) is 0 Å². The van der Waals surface area contributed by atoms with Crippen molar-refractivity contribution in [2.45, 2.75) is 32.7 Å². The Bertz CT molecular complexity index is 1100. The quantitative estimate of drug-likeness (QED) is 0.471. The molecule has 0 N–H and O–H groups in total. The first-order chi connectivity index (χ1) is 16.2. The van der Waals surface area contributed by atoms with Gasteiger partial charge in [-0.15, -0.1) is 0 Å². The molecule has 0 bridgehead atoms. The highest BCUT2D eigenvalue weighted by Crippen LogP contribution is 2.29. The maximum Gasteiger partial charge on any atom is 0.338 e. The van der Waals surface area contributed by atoms with E-state index >= 15 is 0 Å². The number of esters is 1. The lowest BCUT2D eigenvalue weighted by Gasteiger charge is -2.28. The molecule has 3 rings (SSSR count). The second-order valence-electron chi connectivity index (χ2n) is 8.63. The molecule has 1 aliphatic heterocycles. The van der Waals surface area contributed by atoms with Crippen LogP contribution in [0.3, 0.4) is 0 Å². The van der Waals surface area contributed by atoms with Crippen LogP contribution >= 0.6 is 0 Å². The third-order valence-electron chi connectivity index (χ3n) is 5.56. The average Bonchev–Trinajstić information content (AvgIpc) is 3.17. The molecule has 34 heavy (non-hydrogen) atoms. The number of amides is 1. The Morgan fingerprint density at radius 2 is 1.82 bits per heavy atom. The second-order valence-corrected chi connectivity index (χ2v) is 10.9. The van der Waals surface area contributed by atoms with E-state index in [2.05, 4.69) is 13.8 Å². The van der Waals surface area contributed by atoms with E-state index in [1.165, 1.54) is 18.1 Å². The van der Waals surface area contributed by atoms with E-state index in [0.29, 0.717) is 36.1 Å². The molecule has 0 saturated carbocycles. The molecular weight excluding hydrogens is 458 g/mol. The van der Waals surface area contributed by atoms with E-state index in [-0.39, 0.29) is 17.1 Å². The number of methoxy groups -OCH3 is 1. The monoisotopic (exact) mass is 489 g/mol. The minimum absolute atomic E-state index is 0.0272. The summed E-state index contributed by atoms with van der Waals surface area (Å²) in [6.07, 6.45) is 1.22. The van der Waals surface area contributed by atoms with Crippen LogP contribution < -0.4 is 14.4 Å². The van der Waals surface area contributed by atoms with Crippen LogP contribution in [0.25, 0.3) is 0 Å². The first kappa shape index (κ1) is 25.6. The molecule has 8 nitrogen and oxygen atoms in total. The number of hydrogen-bond donors (Lipinski definition) is 0. The molecule has 0 radical (unpaired) electrons. The second kappa shape index (κ2) is 11.4. The summed E-state index contributed by atoms with van der Waals surface area (Å²) < 4.78 is 40.3. The number of para-hydroxylation sites is 1. The molecule has 9 heteroatoms. The molecule has 1 atom stereocenters. The van der Waals surface area contributed by atoms with E-state index in [1.54, 1.807) is 42.5 Å². The fraction of sp³-hybridized carbons (Fsp3) is 0.440. The standard InChI is InChI=1S/C25H31NO7S/c1-18(2)11-13-32-22-10-9-19(15-23(22)31-3)25(28)33-16-24(27)26(20-7-5-4-6-8-20)21-12-14-34(29,30)17-21/h4-10,15,18,21H,11-14,16-17H2,1-3H3. The van der Waals surface area contributed by atoms with Gasteiger partial charge in [-0.25, -0.2) is 13.2 Å². The normalized spacial score (nSPS) is 16.8. The molecule has 0 aromatic heterocycles. The Labute approximate surface area is 200 Å². The summed E-state index contributed by atoms with van der Waals surface area (Å²) in [6, 6.07) is 13.0. The molecule has 1 unspecified atom stereocenters. The van der Waals surface area contributed by atoms with Gasteiger partial charge in [0, 0.05) is 5.69 Å². The lowest BCUT2D eigenvalue weighted by molar-refractivity contribution is -0.122. The molecule has 1 saturated heterocycles. The molecule has 1 fully saturated rings. The van der Waals surface area contributed by atoms with Crippen LogP contribution in [0.2, 0.25) is 0 Å². The molecule has 1 heterocycles. The average molecular weight is 490 g/mol. The highest BCUT2D eigenvalue weighted by atomic mass is 32.2. The molecule has 0 aliphatic carbocycles. The van der Waals surface area contributed by atoms with Crippen LogP contribution in [-0.2, 0) is 19.4 Å². The number of carbonyl (C=O) groups is 2. The summed E-state index contributed by atoms with van der Waals surface area (Å²) in [5, 5.41) is 0. The van der Waals surface area contributed by atoms with Crippen LogP contribution in [-0.4, -0.2) is 58.2 Å². The van der Waals surface area contributed by atoms with Crippen molar-refractivity contribution in [1.29, 1.82) is 0 Å². The number of ether oxygens (including phenoxy) is 3. The van der Waals surface area contributed by atoms with Gasteiger partial charge in [0.05, 0.1) is 36.8 Å². The lowest BCUT2D eigenvalue weighted by atomic mass is 10.1. The summed E-state index contributed by atoms with van der Waals surface area (Å²) in [4.78, 5) is 27.1. The number of hydrogen-bond acceptors (Lipinski definition) is 7.